The van der Waals surface area contributed by atoms with E-state index in [0.29, 0.717) is 21.0 Å². The lowest BCUT2D eigenvalue weighted by Crippen LogP contribution is -2.37. The Morgan fingerprint density at radius 1 is 0.824 bits per heavy atom. The molecule has 0 aromatic heterocycles. The van der Waals surface area contributed by atoms with Gasteiger partial charge < -0.3 is 5.11 Å². The van der Waals surface area contributed by atoms with Crippen molar-refractivity contribution in [2.45, 2.75) is 17.8 Å². The van der Waals surface area contributed by atoms with Gasteiger partial charge in [-0.1, -0.05) is 96.6 Å². The summed E-state index contributed by atoms with van der Waals surface area (Å²) in [5, 5.41) is 31.6. The molecule has 166 valence electrons. The van der Waals surface area contributed by atoms with Crippen molar-refractivity contribution in [1.29, 1.82) is 10.5 Å². The second-order valence-corrected chi connectivity index (χ2v) is 8.93. The summed E-state index contributed by atoms with van der Waals surface area (Å²) in [6.45, 7) is 0. The number of rotatable bonds is 5. The van der Waals surface area contributed by atoms with Gasteiger partial charge in [-0.05, 0) is 28.8 Å². The third-order valence-corrected chi connectivity index (χ3v) is 6.79. The van der Waals surface area contributed by atoms with E-state index in [1.165, 1.54) is 0 Å². The lowest BCUT2D eigenvalue weighted by Gasteiger charge is -2.35. The molecule has 4 rings (SSSR count). The van der Waals surface area contributed by atoms with Crippen LogP contribution in [-0.4, -0.2) is 15.8 Å². The molecule has 0 bridgehead atoms. The molecule has 3 atom stereocenters. The first-order valence-corrected chi connectivity index (χ1v) is 11.4. The van der Waals surface area contributed by atoms with Crippen LogP contribution >= 0.6 is 23.8 Å². The van der Waals surface area contributed by atoms with Gasteiger partial charge in [-0.15, -0.1) is 0 Å². The molecular formula is C28H19ClN2O2S. The van der Waals surface area contributed by atoms with E-state index in [1.54, 1.807) is 24.3 Å². The van der Waals surface area contributed by atoms with E-state index in [4.69, 9.17) is 23.8 Å². The Bertz CT molecular complexity index is 1330. The molecule has 1 N–H and O–H groups in total. The summed E-state index contributed by atoms with van der Waals surface area (Å²) in [7, 11) is 0. The average molecular weight is 483 g/mol. The van der Waals surface area contributed by atoms with E-state index >= 15 is 0 Å². The molecule has 3 aromatic rings. The van der Waals surface area contributed by atoms with Crippen LogP contribution in [-0.2, 0) is 4.79 Å². The lowest BCUT2D eigenvalue weighted by molar-refractivity contribution is -0.116. The Labute approximate surface area is 208 Å². The van der Waals surface area contributed by atoms with Crippen molar-refractivity contribution in [2.24, 2.45) is 5.92 Å². The number of carbonyl (C=O) groups is 1. The molecule has 0 amide bonds. The SMILES string of the molecule is N#CC(C#N)[C@H](C1=C(O)[C@@H](c2ccccc2)C(=S)[C@@H](c2ccccc2)C1=O)c1ccc(Cl)cc1. The van der Waals surface area contributed by atoms with Gasteiger partial charge in [0.1, 0.15) is 11.7 Å². The standard InChI is InChI=1S/C28H19ClN2O2S/c29-21-13-11-19(12-14-21)22(20(15-30)16-31)25-26(32)23(17-7-3-1-4-8-17)28(34)24(27(25)33)18-9-5-2-6-10-18/h1-14,20,22-24,32H/t22-,23-,24+/m1/s1. The molecule has 3 aromatic carbocycles. The molecule has 0 saturated carbocycles. The number of nitriles is 2. The summed E-state index contributed by atoms with van der Waals surface area (Å²) in [4.78, 5) is 14.4. The van der Waals surface area contributed by atoms with E-state index in [-0.39, 0.29) is 11.3 Å². The van der Waals surface area contributed by atoms with Crippen LogP contribution in [0.3, 0.4) is 0 Å². The van der Waals surface area contributed by atoms with Crippen molar-refractivity contribution in [3.05, 3.63) is 118 Å². The highest BCUT2D eigenvalue weighted by Gasteiger charge is 2.46. The Morgan fingerprint density at radius 2 is 1.32 bits per heavy atom. The predicted molar refractivity (Wildman–Crippen MR) is 135 cm³/mol. The number of benzene rings is 3. The maximum Gasteiger partial charge on any atom is 0.175 e. The summed E-state index contributed by atoms with van der Waals surface area (Å²) in [5.74, 6) is -4.34. The minimum absolute atomic E-state index is 0.0340. The Kier molecular flexibility index (Phi) is 6.89. The van der Waals surface area contributed by atoms with Crippen LogP contribution in [0.1, 0.15) is 34.4 Å². The van der Waals surface area contributed by atoms with E-state index < -0.39 is 29.5 Å². The Balaban J connectivity index is 1.99. The van der Waals surface area contributed by atoms with Crippen LogP contribution in [0.2, 0.25) is 5.02 Å². The molecule has 0 aliphatic heterocycles. The number of halogens is 1. The highest BCUT2D eigenvalue weighted by molar-refractivity contribution is 7.80. The monoisotopic (exact) mass is 482 g/mol. The molecule has 1 aliphatic rings. The summed E-state index contributed by atoms with van der Waals surface area (Å²) < 4.78 is 0. The molecule has 1 aliphatic carbocycles. The van der Waals surface area contributed by atoms with Crippen LogP contribution in [0, 0.1) is 28.6 Å². The highest BCUT2D eigenvalue weighted by Crippen LogP contribution is 2.46. The average Bonchev–Trinajstić information content (AvgIpc) is 2.86. The van der Waals surface area contributed by atoms with Gasteiger partial charge >= 0.3 is 0 Å². The number of carbonyl (C=O) groups excluding carboxylic acids is 1. The molecule has 0 spiro atoms. The first-order valence-electron chi connectivity index (χ1n) is 10.6. The van der Waals surface area contributed by atoms with Crippen molar-refractivity contribution in [1.82, 2.24) is 0 Å². The Morgan fingerprint density at radius 3 is 1.82 bits per heavy atom. The summed E-state index contributed by atoms with van der Waals surface area (Å²) in [6.07, 6.45) is 0. The molecule has 0 unspecified atom stereocenters. The topological polar surface area (TPSA) is 84.9 Å². The second-order valence-electron chi connectivity index (χ2n) is 8.02. The van der Waals surface area contributed by atoms with Gasteiger partial charge in [0.15, 0.2) is 5.78 Å². The minimum atomic E-state index is -1.21. The van der Waals surface area contributed by atoms with Gasteiger partial charge in [0, 0.05) is 21.4 Å². The first-order chi connectivity index (χ1) is 16.5. The molecular weight excluding hydrogens is 464 g/mol. The maximum atomic E-state index is 14.0. The van der Waals surface area contributed by atoms with E-state index in [2.05, 4.69) is 0 Å². The molecule has 34 heavy (non-hydrogen) atoms. The third kappa shape index (κ3) is 4.24. The molecule has 0 saturated heterocycles. The number of aliphatic hydroxyl groups excluding tert-OH is 1. The van der Waals surface area contributed by atoms with E-state index in [9.17, 15) is 20.4 Å². The second kappa shape index (κ2) is 10.0. The fraction of sp³-hybridized carbons (Fsp3) is 0.143. The molecule has 0 radical (unpaired) electrons. The largest absolute Gasteiger partial charge is 0.511 e. The number of thiocarbonyl (C=S) groups is 1. The van der Waals surface area contributed by atoms with Crippen LogP contribution < -0.4 is 0 Å². The van der Waals surface area contributed by atoms with Crippen LogP contribution in [0.15, 0.2) is 96.3 Å². The summed E-state index contributed by atoms with van der Waals surface area (Å²) >= 11 is 11.9. The number of nitrogens with zero attached hydrogens (tertiary/aromatic N) is 2. The van der Waals surface area contributed by atoms with Gasteiger partial charge in [0.2, 0.25) is 0 Å². The minimum Gasteiger partial charge on any atom is -0.511 e. The van der Waals surface area contributed by atoms with Crippen molar-refractivity contribution >= 4 is 34.5 Å². The molecule has 0 heterocycles. The first kappa shape index (κ1) is 23.4. The van der Waals surface area contributed by atoms with Crippen molar-refractivity contribution in [2.75, 3.05) is 0 Å². The summed E-state index contributed by atoms with van der Waals surface area (Å²) in [6, 6.07) is 28.9. The van der Waals surface area contributed by atoms with Crippen LogP contribution in [0.25, 0.3) is 0 Å². The van der Waals surface area contributed by atoms with Crippen molar-refractivity contribution in [3.63, 3.8) is 0 Å². The fourth-order valence-electron chi connectivity index (χ4n) is 4.48. The quantitative estimate of drug-likeness (QED) is 0.424. The number of ketones is 1. The van der Waals surface area contributed by atoms with E-state index in [1.807, 2.05) is 72.8 Å². The number of aliphatic hydroxyl groups is 1. The van der Waals surface area contributed by atoms with Crippen molar-refractivity contribution < 1.29 is 9.90 Å². The zero-order chi connectivity index (χ0) is 24.2. The van der Waals surface area contributed by atoms with Crippen LogP contribution in [0.4, 0.5) is 0 Å². The van der Waals surface area contributed by atoms with Crippen LogP contribution in [0.5, 0.6) is 0 Å². The van der Waals surface area contributed by atoms with Gasteiger partial charge in [-0.3, -0.25) is 4.79 Å². The highest BCUT2D eigenvalue weighted by atomic mass is 35.5. The number of hydrogen-bond acceptors (Lipinski definition) is 5. The zero-order valence-electron chi connectivity index (χ0n) is 17.9. The number of Topliss-reactive ketones (excluding diaryl/α,β-unsaturated/α-hetero) is 1. The number of allylic oxidation sites excluding steroid dienone is 2. The van der Waals surface area contributed by atoms with Gasteiger partial charge in [-0.2, -0.15) is 10.5 Å². The smallest absolute Gasteiger partial charge is 0.175 e. The van der Waals surface area contributed by atoms with Gasteiger partial charge in [0.05, 0.1) is 24.0 Å². The third-order valence-electron chi connectivity index (χ3n) is 6.06. The fourth-order valence-corrected chi connectivity index (χ4v) is 5.10. The zero-order valence-corrected chi connectivity index (χ0v) is 19.5. The van der Waals surface area contributed by atoms with Crippen molar-refractivity contribution in [3.8, 4) is 12.1 Å². The predicted octanol–water partition coefficient (Wildman–Crippen LogP) is 6.42. The van der Waals surface area contributed by atoms with Gasteiger partial charge in [0.25, 0.3) is 0 Å². The number of hydrogen-bond donors (Lipinski definition) is 1. The lowest BCUT2D eigenvalue weighted by atomic mass is 9.68. The molecule has 0 fully saturated rings. The normalized spacial score (nSPS) is 18.9. The van der Waals surface area contributed by atoms with Gasteiger partial charge in [-0.25, -0.2) is 0 Å². The summed E-state index contributed by atoms with van der Waals surface area (Å²) in [5.41, 5.74) is 2.01. The Hall–Kier alpha value is -3.77. The van der Waals surface area contributed by atoms with E-state index in [0.717, 1.165) is 5.56 Å². The molecule has 4 nitrogen and oxygen atoms in total. The maximum absolute atomic E-state index is 14.0. The molecule has 6 heteroatoms.